The second-order valence-electron chi connectivity index (χ2n) is 5.96. The largest absolute Gasteiger partial charge is 0.390 e. The van der Waals surface area contributed by atoms with Gasteiger partial charge < -0.3 is 20.0 Å². The van der Waals surface area contributed by atoms with E-state index in [1.165, 1.54) is 5.56 Å². The number of amides is 2. The highest BCUT2D eigenvalue weighted by Gasteiger charge is 2.22. The number of carbonyl (C=O) groups is 1. The Kier molecular flexibility index (Phi) is 5.27. The lowest BCUT2D eigenvalue weighted by atomic mass is 10.0. The predicted molar refractivity (Wildman–Crippen MR) is 91.3 cm³/mol. The molecule has 0 fully saturated rings. The standard InChI is InChI=1S/C17H21N5O3/c1-11-3-5-13(6-4-11)15-9-14(24-22-15)10-19-17(23)18-8-7-16-20-12(2)21-25-16/h3-6,14H,7-10H2,1-2H3,(H2,18,19,23)/t14-/m1/s1. The topological polar surface area (TPSA) is 102 Å². The number of aromatic nitrogens is 2. The molecular formula is C17H21N5O3. The fourth-order valence-corrected chi connectivity index (χ4v) is 2.45. The number of carbonyl (C=O) groups excluding carboxylic acids is 1. The molecule has 8 nitrogen and oxygen atoms in total. The number of nitrogens with one attached hydrogen (secondary N) is 2. The molecule has 1 aromatic carbocycles. The Morgan fingerprint density at radius 2 is 2.04 bits per heavy atom. The number of nitrogens with zero attached hydrogens (tertiary/aromatic N) is 3. The molecule has 132 valence electrons. The van der Waals surface area contributed by atoms with Crippen molar-refractivity contribution in [1.82, 2.24) is 20.8 Å². The molecule has 25 heavy (non-hydrogen) atoms. The minimum atomic E-state index is -0.261. The van der Waals surface area contributed by atoms with Gasteiger partial charge in [-0.15, -0.1) is 0 Å². The summed E-state index contributed by atoms with van der Waals surface area (Å²) in [7, 11) is 0. The van der Waals surface area contributed by atoms with Gasteiger partial charge in [-0.2, -0.15) is 4.98 Å². The van der Waals surface area contributed by atoms with Gasteiger partial charge in [0.05, 0.1) is 12.3 Å². The van der Waals surface area contributed by atoms with Gasteiger partial charge in [0.2, 0.25) is 5.89 Å². The van der Waals surface area contributed by atoms with Crippen molar-refractivity contribution in [2.24, 2.45) is 5.16 Å². The zero-order chi connectivity index (χ0) is 17.6. The average Bonchev–Trinajstić information content (AvgIpc) is 3.23. The van der Waals surface area contributed by atoms with Crippen molar-refractivity contribution < 1.29 is 14.2 Å². The Hall–Kier alpha value is -2.90. The van der Waals surface area contributed by atoms with Crippen LogP contribution in [0.1, 0.15) is 29.3 Å². The van der Waals surface area contributed by atoms with Gasteiger partial charge in [0.15, 0.2) is 11.9 Å². The van der Waals surface area contributed by atoms with Crippen LogP contribution < -0.4 is 10.6 Å². The van der Waals surface area contributed by atoms with Crippen LogP contribution in [-0.4, -0.2) is 41.1 Å². The van der Waals surface area contributed by atoms with Crippen molar-refractivity contribution in [3.8, 4) is 0 Å². The molecule has 1 aromatic heterocycles. The number of benzene rings is 1. The van der Waals surface area contributed by atoms with E-state index in [9.17, 15) is 4.79 Å². The van der Waals surface area contributed by atoms with E-state index in [1.807, 2.05) is 31.2 Å². The summed E-state index contributed by atoms with van der Waals surface area (Å²) in [4.78, 5) is 21.3. The number of hydrogen-bond donors (Lipinski definition) is 2. The van der Waals surface area contributed by atoms with Crippen LogP contribution in [0.15, 0.2) is 33.9 Å². The summed E-state index contributed by atoms with van der Waals surface area (Å²) in [5, 5.41) is 13.3. The second kappa shape index (κ2) is 7.78. The summed E-state index contributed by atoms with van der Waals surface area (Å²) in [6, 6.07) is 7.88. The summed E-state index contributed by atoms with van der Waals surface area (Å²) < 4.78 is 4.98. The third-order valence-electron chi connectivity index (χ3n) is 3.80. The number of urea groups is 1. The van der Waals surface area contributed by atoms with Crippen LogP contribution in [0.3, 0.4) is 0 Å². The zero-order valence-corrected chi connectivity index (χ0v) is 14.3. The van der Waals surface area contributed by atoms with Gasteiger partial charge in [0, 0.05) is 19.4 Å². The average molecular weight is 343 g/mol. The Morgan fingerprint density at radius 3 is 2.76 bits per heavy atom. The van der Waals surface area contributed by atoms with E-state index in [1.54, 1.807) is 6.92 Å². The molecule has 0 saturated carbocycles. The number of aryl methyl sites for hydroxylation is 2. The summed E-state index contributed by atoms with van der Waals surface area (Å²) in [6.07, 6.45) is 1.01. The maximum absolute atomic E-state index is 11.8. The quantitative estimate of drug-likeness (QED) is 0.831. The predicted octanol–water partition coefficient (Wildman–Crippen LogP) is 1.72. The van der Waals surface area contributed by atoms with E-state index < -0.39 is 0 Å². The Bertz CT molecular complexity index is 754. The molecule has 0 saturated heterocycles. The lowest BCUT2D eigenvalue weighted by Gasteiger charge is -2.10. The molecule has 2 amide bonds. The molecule has 0 unspecified atom stereocenters. The smallest absolute Gasteiger partial charge is 0.314 e. The highest BCUT2D eigenvalue weighted by Crippen LogP contribution is 2.16. The Labute approximate surface area is 145 Å². The van der Waals surface area contributed by atoms with Gasteiger partial charge in [-0.1, -0.05) is 40.1 Å². The monoisotopic (exact) mass is 343 g/mol. The first kappa shape index (κ1) is 16.9. The van der Waals surface area contributed by atoms with Gasteiger partial charge in [-0.3, -0.25) is 0 Å². The molecule has 2 N–H and O–H groups in total. The van der Waals surface area contributed by atoms with Crippen LogP contribution in [0.4, 0.5) is 4.79 Å². The van der Waals surface area contributed by atoms with Crippen molar-refractivity contribution >= 4 is 11.7 Å². The van der Waals surface area contributed by atoms with Gasteiger partial charge >= 0.3 is 6.03 Å². The van der Waals surface area contributed by atoms with Gasteiger partial charge in [0.1, 0.15) is 0 Å². The first-order valence-corrected chi connectivity index (χ1v) is 8.21. The highest BCUT2D eigenvalue weighted by atomic mass is 16.6. The molecule has 0 bridgehead atoms. The molecule has 1 aliphatic heterocycles. The number of rotatable bonds is 6. The lowest BCUT2D eigenvalue weighted by Crippen LogP contribution is -2.40. The van der Waals surface area contributed by atoms with Crippen molar-refractivity contribution in [2.75, 3.05) is 13.1 Å². The van der Waals surface area contributed by atoms with E-state index in [2.05, 4.69) is 25.9 Å². The first-order chi connectivity index (χ1) is 12.1. The number of oxime groups is 1. The third-order valence-corrected chi connectivity index (χ3v) is 3.80. The fourth-order valence-electron chi connectivity index (χ4n) is 2.45. The SMILES string of the molecule is Cc1ccc(C2=NO[C@@H](CNC(=O)NCCc3nc(C)no3)C2)cc1. The van der Waals surface area contributed by atoms with E-state index in [0.717, 1.165) is 11.3 Å². The molecule has 0 aliphatic carbocycles. The van der Waals surface area contributed by atoms with Crippen LogP contribution in [0.25, 0.3) is 0 Å². The molecule has 0 spiro atoms. The van der Waals surface area contributed by atoms with E-state index in [0.29, 0.717) is 37.6 Å². The zero-order valence-electron chi connectivity index (χ0n) is 14.3. The van der Waals surface area contributed by atoms with Crippen molar-refractivity contribution in [3.05, 3.63) is 47.1 Å². The number of hydrogen-bond acceptors (Lipinski definition) is 6. The molecule has 2 heterocycles. The first-order valence-electron chi connectivity index (χ1n) is 8.21. The van der Waals surface area contributed by atoms with Crippen molar-refractivity contribution in [2.45, 2.75) is 32.8 Å². The highest BCUT2D eigenvalue weighted by molar-refractivity contribution is 6.01. The normalized spacial score (nSPS) is 16.2. The summed E-state index contributed by atoms with van der Waals surface area (Å²) in [6.45, 7) is 4.61. The Morgan fingerprint density at radius 1 is 1.24 bits per heavy atom. The van der Waals surface area contributed by atoms with E-state index in [-0.39, 0.29) is 12.1 Å². The molecular weight excluding hydrogens is 322 g/mol. The fraction of sp³-hybridized carbons (Fsp3) is 0.412. The van der Waals surface area contributed by atoms with Gasteiger partial charge in [0.25, 0.3) is 0 Å². The summed E-state index contributed by atoms with van der Waals surface area (Å²) in [5.74, 6) is 1.09. The minimum Gasteiger partial charge on any atom is -0.390 e. The van der Waals surface area contributed by atoms with E-state index >= 15 is 0 Å². The Balaban J connectivity index is 1.35. The molecule has 2 aromatic rings. The summed E-state index contributed by atoms with van der Waals surface area (Å²) in [5.41, 5.74) is 3.15. The lowest BCUT2D eigenvalue weighted by molar-refractivity contribution is 0.0865. The molecule has 8 heteroatoms. The maximum Gasteiger partial charge on any atom is 0.314 e. The van der Waals surface area contributed by atoms with Crippen LogP contribution in [0.2, 0.25) is 0 Å². The second-order valence-corrected chi connectivity index (χ2v) is 5.96. The van der Waals surface area contributed by atoms with Gasteiger partial charge in [-0.05, 0) is 19.4 Å². The maximum atomic E-state index is 11.8. The third kappa shape index (κ3) is 4.79. The van der Waals surface area contributed by atoms with Crippen molar-refractivity contribution in [3.63, 3.8) is 0 Å². The molecule has 3 rings (SSSR count). The van der Waals surface area contributed by atoms with Crippen LogP contribution in [-0.2, 0) is 11.3 Å². The van der Waals surface area contributed by atoms with Crippen LogP contribution in [0.5, 0.6) is 0 Å². The molecule has 0 radical (unpaired) electrons. The van der Waals surface area contributed by atoms with Gasteiger partial charge in [-0.25, -0.2) is 4.79 Å². The minimum absolute atomic E-state index is 0.152. The summed E-state index contributed by atoms with van der Waals surface area (Å²) >= 11 is 0. The van der Waals surface area contributed by atoms with Crippen molar-refractivity contribution in [1.29, 1.82) is 0 Å². The molecule has 1 aliphatic rings. The molecule has 1 atom stereocenters. The van der Waals surface area contributed by atoms with Crippen LogP contribution >= 0.6 is 0 Å². The van der Waals surface area contributed by atoms with E-state index in [4.69, 9.17) is 9.36 Å². The van der Waals surface area contributed by atoms with Crippen LogP contribution in [0, 0.1) is 13.8 Å².